The number of benzene rings is 1. The lowest BCUT2D eigenvalue weighted by Gasteiger charge is -2.43. The minimum atomic E-state index is -2.25. The van der Waals surface area contributed by atoms with Crippen molar-refractivity contribution in [3.8, 4) is 0 Å². The Labute approximate surface area is 178 Å². The van der Waals surface area contributed by atoms with Crippen molar-refractivity contribution in [2.75, 3.05) is 46.1 Å². The third kappa shape index (κ3) is 4.89. The van der Waals surface area contributed by atoms with Crippen molar-refractivity contribution in [2.24, 2.45) is 5.92 Å². The number of ether oxygens (including phenoxy) is 1. The van der Waals surface area contributed by atoms with E-state index in [4.69, 9.17) is 4.74 Å². The predicted octanol–water partition coefficient (Wildman–Crippen LogP) is 1.90. The molecule has 8 heteroatoms. The zero-order chi connectivity index (χ0) is 21.3. The molecule has 3 heterocycles. The first-order valence-electron chi connectivity index (χ1n) is 10.9. The molecule has 1 aromatic rings. The molecule has 164 valence electrons. The highest BCUT2D eigenvalue weighted by atomic mass is 31.2. The van der Waals surface area contributed by atoms with Gasteiger partial charge in [0, 0.05) is 31.5 Å². The van der Waals surface area contributed by atoms with Gasteiger partial charge in [-0.3, -0.25) is 4.79 Å². The second-order valence-electron chi connectivity index (χ2n) is 9.20. The lowest BCUT2D eigenvalue weighted by molar-refractivity contribution is -0.139. The fourth-order valence-corrected chi connectivity index (χ4v) is 5.68. The van der Waals surface area contributed by atoms with E-state index in [0.717, 1.165) is 44.1 Å². The number of amides is 3. The molecule has 3 saturated heterocycles. The fraction of sp³-hybridized carbons (Fsp3) is 0.636. The molecule has 0 aromatic heterocycles. The molecule has 7 nitrogen and oxygen atoms in total. The highest BCUT2D eigenvalue weighted by molar-refractivity contribution is 7.70. The van der Waals surface area contributed by atoms with E-state index in [9.17, 15) is 14.2 Å². The Balaban J connectivity index is 1.29. The van der Waals surface area contributed by atoms with Crippen molar-refractivity contribution < 1.29 is 18.9 Å². The first-order chi connectivity index (χ1) is 14.3. The van der Waals surface area contributed by atoms with Crippen LogP contribution in [0.5, 0.6) is 0 Å². The average Bonchev–Trinajstić information content (AvgIpc) is 2.73. The monoisotopic (exact) mass is 433 g/mol. The van der Waals surface area contributed by atoms with Gasteiger partial charge in [0.05, 0.1) is 12.1 Å². The number of morpholine rings is 1. The third-order valence-electron chi connectivity index (χ3n) is 6.54. The van der Waals surface area contributed by atoms with Gasteiger partial charge < -0.3 is 24.4 Å². The number of fused-ring (bicyclic) bond motifs is 1. The minimum Gasteiger partial charge on any atom is -0.366 e. The minimum absolute atomic E-state index is 0.0230. The van der Waals surface area contributed by atoms with E-state index in [1.54, 1.807) is 0 Å². The van der Waals surface area contributed by atoms with Crippen LogP contribution in [0.2, 0.25) is 0 Å². The molecule has 3 aliphatic heterocycles. The highest BCUT2D eigenvalue weighted by Gasteiger charge is 2.38. The summed E-state index contributed by atoms with van der Waals surface area (Å²) < 4.78 is 17.9. The summed E-state index contributed by atoms with van der Waals surface area (Å²) in [4.78, 5) is 28.4. The topological polar surface area (TPSA) is 79.0 Å². The highest BCUT2D eigenvalue weighted by Crippen LogP contribution is 2.35. The number of piperidine rings is 2. The van der Waals surface area contributed by atoms with Crippen LogP contribution in [0.4, 0.5) is 4.79 Å². The molecule has 0 radical (unpaired) electrons. The predicted molar refractivity (Wildman–Crippen MR) is 117 cm³/mol. The van der Waals surface area contributed by atoms with E-state index >= 15 is 0 Å². The Morgan fingerprint density at radius 2 is 1.90 bits per heavy atom. The molecule has 1 aromatic carbocycles. The van der Waals surface area contributed by atoms with Gasteiger partial charge in [-0.2, -0.15) is 0 Å². The van der Waals surface area contributed by atoms with Crippen molar-refractivity contribution in [1.29, 1.82) is 0 Å². The lowest BCUT2D eigenvalue weighted by atomic mass is 9.90. The number of carbonyl (C=O) groups is 2. The second kappa shape index (κ2) is 8.72. The van der Waals surface area contributed by atoms with Crippen LogP contribution >= 0.6 is 7.14 Å². The van der Waals surface area contributed by atoms with Gasteiger partial charge in [-0.05, 0) is 56.6 Å². The summed E-state index contributed by atoms with van der Waals surface area (Å²) in [5.41, 5.74) is 1.23. The van der Waals surface area contributed by atoms with Crippen molar-refractivity contribution in [1.82, 2.24) is 15.1 Å². The van der Waals surface area contributed by atoms with Crippen LogP contribution in [-0.4, -0.2) is 80.0 Å². The number of rotatable bonds is 3. The zero-order valence-electron chi connectivity index (χ0n) is 17.9. The Morgan fingerprint density at radius 1 is 1.17 bits per heavy atom. The van der Waals surface area contributed by atoms with Gasteiger partial charge in [0.25, 0.3) is 0 Å². The number of urea groups is 1. The number of carbonyl (C=O) groups excluding carboxylic acids is 2. The lowest BCUT2D eigenvalue weighted by Crippen LogP contribution is -2.62. The molecule has 3 fully saturated rings. The third-order valence-corrected chi connectivity index (χ3v) is 8.06. The standard InChI is InChI=1S/C22H32N3O4P/c1-30(2,28)18-5-3-4-17(13-18)12-16-6-9-24(10-7-16)22(27)25-11-8-20-19(14-25)23-21(26)15-29-20/h3-5,13,16,19-20H,6-12,14-15H2,1-2H3,(H,23,26)/t19-,20+/m1/s1. The summed E-state index contributed by atoms with van der Waals surface area (Å²) in [6, 6.07) is 8.13. The van der Waals surface area contributed by atoms with Crippen molar-refractivity contribution in [3.63, 3.8) is 0 Å². The van der Waals surface area contributed by atoms with Crippen molar-refractivity contribution in [3.05, 3.63) is 29.8 Å². The maximum atomic E-state index is 13.0. The van der Waals surface area contributed by atoms with Gasteiger partial charge in [-0.1, -0.05) is 18.2 Å². The van der Waals surface area contributed by atoms with Crippen LogP contribution < -0.4 is 10.6 Å². The number of nitrogens with zero attached hydrogens (tertiary/aromatic N) is 2. The molecule has 3 amide bonds. The van der Waals surface area contributed by atoms with E-state index in [0.29, 0.717) is 19.0 Å². The van der Waals surface area contributed by atoms with E-state index in [2.05, 4.69) is 17.4 Å². The van der Waals surface area contributed by atoms with Gasteiger partial charge in [0.15, 0.2) is 0 Å². The summed E-state index contributed by atoms with van der Waals surface area (Å²) in [7, 11) is -2.25. The van der Waals surface area contributed by atoms with E-state index in [1.165, 1.54) is 5.56 Å². The Morgan fingerprint density at radius 3 is 2.63 bits per heavy atom. The molecule has 0 aliphatic carbocycles. The van der Waals surface area contributed by atoms with Gasteiger partial charge in [-0.25, -0.2) is 4.79 Å². The molecule has 2 atom stereocenters. The van der Waals surface area contributed by atoms with Crippen LogP contribution in [0, 0.1) is 5.92 Å². The van der Waals surface area contributed by atoms with Crippen LogP contribution in [0.25, 0.3) is 0 Å². The largest absolute Gasteiger partial charge is 0.366 e. The van der Waals surface area contributed by atoms with Crippen LogP contribution in [0.3, 0.4) is 0 Å². The summed E-state index contributed by atoms with van der Waals surface area (Å²) >= 11 is 0. The molecule has 4 rings (SSSR count). The Hall–Kier alpha value is -1.85. The van der Waals surface area contributed by atoms with Gasteiger partial charge in [0.1, 0.15) is 13.7 Å². The maximum Gasteiger partial charge on any atom is 0.320 e. The van der Waals surface area contributed by atoms with Crippen molar-refractivity contribution in [2.45, 2.75) is 37.8 Å². The molecule has 0 spiro atoms. The summed E-state index contributed by atoms with van der Waals surface area (Å²) in [5.74, 6) is 0.437. The van der Waals surface area contributed by atoms with E-state index in [-0.39, 0.29) is 30.7 Å². The van der Waals surface area contributed by atoms with E-state index in [1.807, 2.05) is 35.3 Å². The Bertz CT molecular complexity index is 847. The first kappa shape index (κ1) is 21.4. The molecular weight excluding hydrogens is 401 g/mol. The van der Waals surface area contributed by atoms with Crippen LogP contribution in [0.1, 0.15) is 24.8 Å². The molecule has 1 N–H and O–H groups in total. The molecule has 30 heavy (non-hydrogen) atoms. The Kier molecular flexibility index (Phi) is 6.21. The quantitative estimate of drug-likeness (QED) is 0.739. The molecule has 3 aliphatic rings. The second-order valence-corrected chi connectivity index (χ2v) is 12.4. The van der Waals surface area contributed by atoms with Gasteiger partial charge in [0.2, 0.25) is 5.91 Å². The van der Waals surface area contributed by atoms with Crippen LogP contribution in [-0.2, 0) is 20.5 Å². The molecular formula is C22H32N3O4P. The smallest absolute Gasteiger partial charge is 0.320 e. The van der Waals surface area contributed by atoms with E-state index < -0.39 is 7.14 Å². The normalized spacial score (nSPS) is 25.6. The summed E-state index contributed by atoms with van der Waals surface area (Å²) in [5, 5.41) is 3.90. The number of hydrogen-bond acceptors (Lipinski definition) is 4. The SMILES string of the molecule is CP(C)(=O)c1cccc(CC2CCN(C(=O)N3CC[C@@H]4OCC(=O)N[C@@H]4C3)CC2)c1. The molecule has 0 saturated carbocycles. The number of hydrogen-bond donors (Lipinski definition) is 1. The molecule has 0 bridgehead atoms. The zero-order valence-corrected chi connectivity index (χ0v) is 18.8. The molecule has 0 unspecified atom stereocenters. The maximum absolute atomic E-state index is 13.0. The van der Waals surface area contributed by atoms with Crippen LogP contribution in [0.15, 0.2) is 24.3 Å². The summed E-state index contributed by atoms with van der Waals surface area (Å²) in [6.45, 7) is 6.47. The number of nitrogens with one attached hydrogen (secondary N) is 1. The fourth-order valence-electron chi connectivity index (χ4n) is 4.75. The average molecular weight is 433 g/mol. The summed E-state index contributed by atoms with van der Waals surface area (Å²) in [6.07, 6.45) is 3.71. The van der Waals surface area contributed by atoms with Gasteiger partial charge in [-0.15, -0.1) is 0 Å². The van der Waals surface area contributed by atoms with Gasteiger partial charge >= 0.3 is 6.03 Å². The van der Waals surface area contributed by atoms with Crippen molar-refractivity contribution >= 4 is 24.4 Å². The number of likely N-dealkylation sites (tertiary alicyclic amines) is 2. The first-order valence-corrected chi connectivity index (χ1v) is 13.5.